The van der Waals surface area contributed by atoms with Crippen LogP contribution in [0.3, 0.4) is 0 Å². The van der Waals surface area contributed by atoms with Crippen molar-refractivity contribution in [2.75, 3.05) is 19.6 Å². The van der Waals surface area contributed by atoms with Crippen molar-refractivity contribution in [3.05, 3.63) is 40.8 Å². The van der Waals surface area contributed by atoms with E-state index in [1.54, 1.807) is 17.5 Å². The summed E-state index contributed by atoms with van der Waals surface area (Å²) in [4.78, 5) is 15.7. The van der Waals surface area contributed by atoms with Gasteiger partial charge in [0.05, 0.1) is 19.1 Å². The number of carbonyl (C=O) groups is 1. The Morgan fingerprint density at radius 3 is 3.19 bits per heavy atom. The van der Waals surface area contributed by atoms with E-state index in [1.807, 2.05) is 21.8 Å². The van der Waals surface area contributed by atoms with Gasteiger partial charge in [0.1, 0.15) is 0 Å². The number of thiophene rings is 1. The Balaban J connectivity index is 1.46. The predicted molar refractivity (Wildman–Crippen MR) is 83.1 cm³/mol. The van der Waals surface area contributed by atoms with Gasteiger partial charge >= 0.3 is 0 Å². The summed E-state index contributed by atoms with van der Waals surface area (Å²) in [5.41, 5.74) is 0. The number of amides is 1. The van der Waals surface area contributed by atoms with Crippen molar-refractivity contribution in [2.24, 2.45) is 0 Å². The minimum atomic E-state index is 0.200. The van der Waals surface area contributed by atoms with Gasteiger partial charge in [0.2, 0.25) is 5.91 Å². The molecule has 112 valence electrons. The standard InChI is InChI=1S/C15H20N4OS/c20-15(12-16-7-10-18-8-3-6-17-18)19-9-1-4-13(19)14-5-2-11-21-14/h2-3,5-6,8,11,13,16H,1,4,7,9-10,12H2/t13-/m0/s1. The van der Waals surface area contributed by atoms with Crippen LogP contribution < -0.4 is 5.32 Å². The average molecular weight is 304 g/mol. The Labute approximate surface area is 128 Å². The summed E-state index contributed by atoms with van der Waals surface area (Å²) in [7, 11) is 0. The lowest BCUT2D eigenvalue weighted by atomic mass is 10.2. The van der Waals surface area contributed by atoms with E-state index in [0.717, 1.165) is 32.5 Å². The Morgan fingerprint density at radius 1 is 1.48 bits per heavy atom. The topological polar surface area (TPSA) is 50.2 Å². The highest BCUT2D eigenvalue weighted by Gasteiger charge is 2.29. The van der Waals surface area contributed by atoms with Crippen LogP contribution in [0.1, 0.15) is 23.8 Å². The van der Waals surface area contributed by atoms with Gasteiger partial charge in [-0.25, -0.2) is 0 Å². The molecule has 0 spiro atoms. The average Bonchev–Trinajstić information content (AvgIpc) is 3.24. The van der Waals surface area contributed by atoms with Crippen molar-refractivity contribution in [1.29, 1.82) is 0 Å². The SMILES string of the molecule is O=C(CNCCn1cccn1)N1CCC[C@H]1c1cccs1. The summed E-state index contributed by atoms with van der Waals surface area (Å²) in [6, 6.07) is 6.38. The second-order valence-corrected chi connectivity index (χ2v) is 6.19. The van der Waals surface area contributed by atoms with Crippen LogP contribution in [0, 0.1) is 0 Å². The van der Waals surface area contributed by atoms with Crippen molar-refractivity contribution in [1.82, 2.24) is 20.0 Å². The zero-order valence-electron chi connectivity index (χ0n) is 11.9. The Hall–Kier alpha value is -1.66. The molecule has 5 nitrogen and oxygen atoms in total. The van der Waals surface area contributed by atoms with E-state index in [2.05, 4.69) is 27.9 Å². The first-order valence-corrected chi connectivity index (χ1v) is 8.23. The van der Waals surface area contributed by atoms with Crippen molar-refractivity contribution >= 4 is 17.2 Å². The number of likely N-dealkylation sites (tertiary alicyclic amines) is 1. The van der Waals surface area contributed by atoms with Crippen LogP contribution in [0.5, 0.6) is 0 Å². The highest BCUT2D eigenvalue weighted by molar-refractivity contribution is 7.10. The molecule has 0 aliphatic carbocycles. The first-order valence-electron chi connectivity index (χ1n) is 7.35. The number of carbonyl (C=O) groups excluding carboxylic acids is 1. The van der Waals surface area contributed by atoms with Crippen molar-refractivity contribution in [3.63, 3.8) is 0 Å². The monoisotopic (exact) mass is 304 g/mol. The molecule has 1 aliphatic rings. The third-order valence-corrected chi connectivity index (χ3v) is 4.77. The predicted octanol–water partition coefficient (Wildman–Crippen LogP) is 1.90. The second kappa shape index (κ2) is 6.87. The zero-order chi connectivity index (χ0) is 14.5. The largest absolute Gasteiger partial charge is 0.334 e. The van der Waals surface area contributed by atoms with Crippen LogP contribution in [-0.4, -0.2) is 40.2 Å². The van der Waals surface area contributed by atoms with Gasteiger partial charge in [0.25, 0.3) is 0 Å². The smallest absolute Gasteiger partial charge is 0.237 e. The van der Waals surface area contributed by atoms with Crippen LogP contribution in [0.15, 0.2) is 36.0 Å². The lowest BCUT2D eigenvalue weighted by molar-refractivity contribution is -0.131. The maximum absolute atomic E-state index is 12.4. The number of aromatic nitrogens is 2. The van der Waals surface area contributed by atoms with Gasteiger partial charge in [-0.2, -0.15) is 5.10 Å². The normalized spacial score (nSPS) is 18.3. The summed E-state index contributed by atoms with van der Waals surface area (Å²) in [6.45, 7) is 2.82. The zero-order valence-corrected chi connectivity index (χ0v) is 12.8. The molecule has 0 aromatic carbocycles. The van der Waals surface area contributed by atoms with Crippen LogP contribution in [0.2, 0.25) is 0 Å². The molecule has 0 radical (unpaired) electrons. The fourth-order valence-electron chi connectivity index (χ4n) is 2.77. The van der Waals surface area contributed by atoms with Gasteiger partial charge in [-0.1, -0.05) is 6.07 Å². The second-order valence-electron chi connectivity index (χ2n) is 5.21. The van der Waals surface area contributed by atoms with E-state index in [-0.39, 0.29) is 11.9 Å². The summed E-state index contributed by atoms with van der Waals surface area (Å²) < 4.78 is 1.86. The molecule has 1 N–H and O–H groups in total. The molecule has 0 saturated carbocycles. The Kier molecular flexibility index (Phi) is 4.67. The lowest BCUT2D eigenvalue weighted by Crippen LogP contribution is -2.38. The molecule has 1 saturated heterocycles. The van der Waals surface area contributed by atoms with Crippen LogP contribution >= 0.6 is 11.3 Å². The molecule has 3 rings (SSSR count). The van der Waals surface area contributed by atoms with Gasteiger partial charge in [-0.15, -0.1) is 11.3 Å². The molecule has 1 amide bonds. The number of hydrogen-bond acceptors (Lipinski definition) is 4. The van der Waals surface area contributed by atoms with E-state index < -0.39 is 0 Å². The first kappa shape index (κ1) is 14.3. The molecule has 2 aromatic heterocycles. The fourth-order valence-corrected chi connectivity index (χ4v) is 3.64. The molecule has 3 heterocycles. The molecular formula is C15H20N4OS. The minimum Gasteiger partial charge on any atom is -0.334 e. The Morgan fingerprint density at radius 2 is 2.43 bits per heavy atom. The molecule has 0 bridgehead atoms. The molecule has 1 atom stereocenters. The highest BCUT2D eigenvalue weighted by atomic mass is 32.1. The quantitative estimate of drug-likeness (QED) is 0.829. The molecular weight excluding hydrogens is 284 g/mol. The van der Waals surface area contributed by atoms with E-state index in [1.165, 1.54) is 4.88 Å². The minimum absolute atomic E-state index is 0.200. The maximum atomic E-state index is 12.4. The third-order valence-electron chi connectivity index (χ3n) is 3.80. The van der Waals surface area contributed by atoms with Gasteiger partial charge in [-0.05, 0) is 30.4 Å². The van der Waals surface area contributed by atoms with Crippen LogP contribution in [0.25, 0.3) is 0 Å². The molecule has 1 aliphatic heterocycles. The fraction of sp³-hybridized carbons (Fsp3) is 0.467. The van der Waals surface area contributed by atoms with Gasteiger partial charge in [0.15, 0.2) is 0 Å². The summed E-state index contributed by atoms with van der Waals surface area (Å²) >= 11 is 1.74. The highest BCUT2D eigenvalue weighted by Crippen LogP contribution is 2.34. The summed E-state index contributed by atoms with van der Waals surface area (Å²) in [5.74, 6) is 0.200. The van der Waals surface area contributed by atoms with Crippen molar-refractivity contribution in [3.8, 4) is 0 Å². The van der Waals surface area contributed by atoms with Crippen molar-refractivity contribution < 1.29 is 4.79 Å². The van der Waals surface area contributed by atoms with E-state index >= 15 is 0 Å². The number of rotatable bonds is 6. The lowest BCUT2D eigenvalue weighted by Gasteiger charge is -2.24. The van der Waals surface area contributed by atoms with E-state index in [9.17, 15) is 4.79 Å². The molecule has 21 heavy (non-hydrogen) atoms. The van der Waals surface area contributed by atoms with Crippen LogP contribution in [-0.2, 0) is 11.3 Å². The molecule has 2 aromatic rings. The maximum Gasteiger partial charge on any atom is 0.237 e. The number of nitrogens with zero attached hydrogens (tertiary/aromatic N) is 3. The first-order chi connectivity index (χ1) is 10.3. The summed E-state index contributed by atoms with van der Waals surface area (Å²) in [5, 5.41) is 9.44. The Bertz CT molecular complexity index is 552. The van der Waals surface area contributed by atoms with Gasteiger partial charge in [-0.3, -0.25) is 9.48 Å². The molecule has 1 fully saturated rings. The molecule has 6 heteroatoms. The van der Waals surface area contributed by atoms with Crippen LogP contribution in [0.4, 0.5) is 0 Å². The summed E-state index contributed by atoms with van der Waals surface area (Å²) in [6.07, 6.45) is 5.87. The molecule has 0 unspecified atom stereocenters. The number of hydrogen-bond donors (Lipinski definition) is 1. The third kappa shape index (κ3) is 3.51. The number of nitrogens with one attached hydrogen (secondary N) is 1. The van der Waals surface area contributed by atoms with Gasteiger partial charge < -0.3 is 10.2 Å². The van der Waals surface area contributed by atoms with E-state index in [4.69, 9.17) is 0 Å². The van der Waals surface area contributed by atoms with Gasteiger partial charge in [0, 0.05) is 30.4 Å². The van der Waals surface area contributed by atoms with Crippen molar-refractivity contribution in [2.45, 2.75) is 25.4 Å². The van der Waals surface area contributed by atoms with E-state index in [0.29, 0.717) is 6.54 Å².